The van der Waals surface area contributed by atoms with Gasteiger partial charge in [-0.15, -0.1) is 0 Å². The quantitative estimate of drug-likeness (QED) is 0.627. The number of fused-ring (bicyclic) bond motifs is 5. The molecule has 3 fully saturated rings. The molecule has 3 N–H and O–H groups in total. The smallest absolute Gasteiger partial charge is 0.162 e. The van der Waals surface area contributed by atoms with Crippen LogP contribution in [0.3, 0.4) is 0 Å². The predicted molar refractivity (Wildman–Crippen MR) is 117 cm³/mol. The van der Waals surface area contributed by atoms with Crippen LogP contribution in [0.5, 0.6) is 0 Å². The second-order valence-electron chi connectivity index (χ2n) is 10.8. The molecule has 3 saturated carbocycles. The zero-order valence-electron chi connectivity index (χ0n) is 18.6. The van der Waals surface area contributed by atoms with E-state index in [1.54, 1.807) is 17.8 Å². The van der Waals surface area contributed by atoms with Crippen molar-refractivity contribution < 1.29 is 24.9 Å². The van der Waals surface area contributed by atoms with Gasteiger partial charge in [0.15, 0.2) is 5.78 Å². The number of aliphatic hydroxyl groups excluding tert-OH is 2. The van der Waals surface area contributed by atoms with Crippen molar-refractivity contribution in [2.45, 2.75) is 84.0 Å². The molecule has 0 bridgehead atoms. The summed E-state index contributed by atoms with van der Waals surface area (Å²) in [5.74, 6) is 1.32. The monoisotopic (exact) mass is 436 g/mol. The molecule has 0 aromatic heterocycles. The van der Waals surface area contributed by atoms with Crippen molar-refractivity contribution in [3.8, 4) is 0 Å². The molecule has 30 heavy (non-hydrogen) atoms. The largest absolute Gasteiger partial charge is 0.390 e. The van der Waals surface area contributed by atoms with Crippen molar-refractivity contribution in [1.29, 1.82) is 0 Å². The second-order valence-corrected chi connectivity index (χ2v) is 12.1. The first-order chi connectivity index (χ1) is 13.9. The van der Waals surface area contributed by atoms with Gasteiger partial charge < -0.3 is 15.3 Å². The van der Waals surface area contributed by atoms with Crippen molar-refractivity contribution in [3.63, 3.8) is 0 Å². The van der Waals surface area contributed by atoms with E-state index in [0.717, 1.165) is 24.2 Å². The fourth-order valence-electron chi connectivity index (χ4n) is 7.48. The van der Waals surface area contributed by atoms with E-state index in [2.05, 4.69) is 6.92 Å². The highest BCUT2D eigenvalue weighted by molar-refractivity contribution is 7.99. The van der Waals surface area contributed by atoms with E-state index >= 15 is 0 Å². The molecule has 0 amide bonds. The number of Topliss-reactive ketones (excluding diaryl/α,β-unsaturated/α-hetero) is 1. The van der Waals surface area contributed by atoms with E-state index < -0.39 is 34.1 Å². The van der Waals surface area contributed by atoms with Crippen molar-refractivity contribution in [3.05, 3.63) is 11.6 Å². The molecule has 0 aromatic carbocycles. The SMILES string of the molecule is CCSCC(=O)[C@H]1CC[C@@]2(O)C3=CC(=O)[C@]4(C)C[C@@H](O)[C@@H](O)C[C@]4(C)C3CC[C@]12C. The Morgan fingerprint density at radius 3 is 2.43 bits per heavy atom. The van der Waals surface area contributed by atoms with E-state index in [1.165, 1.54) is 0 Å². The standard InChI is InChI=1S/C24H36O5S/c1-5-30-13-19(27)15-7-9-24(29)16-10-20(28)23(4)12-18(26)17(25)11-22(23,3)14(16)6-8-21(15,24)2/h10,14-15,17-18,25-26,29H,5-9,11-13H2,1-4H3/t14?,15-,17+,18-,21-,22-,23+,24-/m1/s1. The molecule has 0 heterocycles. The Balaban J connectivity index is 1.75. The zero-order valence-corrected chi connectivity index (χ0v) is 19.4. The minimum absolute atomic E-state index is 0.0284. The average molecular weight is 437 g/mol. The van der Waals surface area contributed by atoms with E-state index in [-0.39, 0.29) is 29.8 Å². The third-order valence-electron chi connectivity index (χ3n) is 9.71. The lowest BCUT2D eigenvalue weighted by Crippen LogP contribution is -2.64. The average Bonchev–Trinajstić information content (AvgIpc) is 2.96. The number of hydrogen-bond donors (Lipinski definition) is 3. The number of aliphatic hydroxyl groups is 3. The van der Waals surface area contributed by atoms with E-state index in [9.17, 15) is 24.9 Å². The van der Waals surface area contributed by atoms with Gasteiger partial charge in [-0.1, -0.05) is 27.7 Å². The molecule has 5 nitrogen and oxygen atoms in total. The summed E-state index contributed by atoms with van der Waals surface area (Å²) in [5.41, 5.74) is -2.21. The van der Waals surface area contributed by atoms with Gasteiger partial charge in [0.1, 0.15) is 5.78 Å². The lowest BCUT2D eigenvalue weighted by molar-refractivity contribution is -0.175. The summed E-state index contributed by atoms with van der Waals surface area (Å²) in [6, 6.07) is 0. The lowest BCUT2D eigenvalue weighted by Gasteiger charge is -2.63. The summed E-state index contributed by atoms with van der Waals surface area (Å²) in [4.78, 5) is 26.4. The Kier molecular flexibility index (Phi) is 5.37. The van der Waals surface area contributed by atoms with E-state index in [1.807, 2.05) is 20.8 Å². The maximum absolute atomic E-state index is 13.4. The normalized spacial score (nSPS) is 50.4. The van der Waals surface area contributed by atoms with Gasteiger partial charge in [-0.25, -0.2) is 0 Å². The first-order valence-corrected chi connectivity index (χ1v) is 12.6. The van der Waals surface area contributed by atoms with Crippen LogP contribution < -0.4 is 0 Å². The highest BCUT2D eigenvalue weighted by atomic mass is 32.2. The Morgan fingerprint density at radius 2 is 1.77 bits per heavy atom. The molecule has 4 aliphatic carbocycles. The molecule has 4 rings (SSSR count). The molecule has 168 valence electrons. The van der Waals surface area contributed by atoms with E-state index in [4.69, 9.17) is 0 Å². The molecular formula is C24H36O5S. The predicted octanol–water partition coefficient (Wildman–Crippen LogP) is 2.90. The van der Waals surface area contributed by atoms with Crippen LogP contribution in [0.4, 0.5) is 0 Å². The summed E-state index contributed by atoms with van der Waals surface area (Å²) in [5, 5.41) is 32.8. The molecule has 0 spiro atoms. The van der Waals surface area contributed by atoms with Gasteiger partial charge in [0.05, 0.1) is 23.6 Å². The molecule has 4 aliphatic rings. The molecule has 0 aliphatic heterocycles. The number of allylic oxidation sites excluding steroid dienone is 1. The van der Waals surface area contributed by atoms with Crippen LogP contribution in [0.25, 0.3) is 0 Å². The van der Waals surface area contributed by atoms with Gasteiger partial charge in [-0.3, -0.25) is 9.59 Å². The van der Waals surface area contributed by atoms with Crippen molar-refractivity contribution in [2.75, 3.05) is 11.5 Å². The highest BCUT2D eigenvalue weighted by Gasteiger charge is 2.69. The Morgan fingerprint density at radius 1 is 1.10 bits per heavy atom. The van der Waals surface area contributed by atoms with Crippen molar-refractivity contribution in [2.24, 2.45) is 28.1 Å². The van der Waals surface area contributed by atoms with Gasteiger partial charge in [0, 0.05) is 16.7 Å². The van der Waals surface area contributed by atoms with Crippen LogP contribution in [0.2, 0.25) is 0 Å². The van der Waals surface area contributed by atoms with Crippen LogP contribution in [0.15, 0.2) is 11.6 Å². The number of carbonyl (C=O) groups excluding carboxylic acids is 2. The topological polar surface area (TPSA) is 94.8 Å². The maximum atomic E-state index is 13.4. The van der Waals surface area contributed by atoms with Crippen molar-refractivity contribution in [1.82, 2.24) is 0 Å². The van der Waals surface area contributed by atoms with Gasteiger partial charge in [0.2, 0.25) is 0 Å². The minimum Gasteiger partial charge on any atom is -0.390 e. The number of hydrogen-bond acceptors (Lipinski definition) is 6. The van der Waals surface area contributed by atoms with Crippen LogP contribution in [-0.4, -0.2) is 56.2 Å². The van der Waals surface area contributed by atoms with Gasteiger partial charge in [-0.2, -0.15) is 11.8 Å². The lowest BCUT2D eigenvalue weighted by atomic mass is 9.41. The van der Waals surface area contributed by atoms with Gasteiger partial charge in [0.25, 0.3) is 0 Å². The Bertz CT molecular complexity index is 794. The first kappa shape index (κ1) is 22.5. The number of rotatable bonds is 4. The molecular weight excluding hydrogens is 400 g/mol. The number of thioether (sulfide) groups is 1. The molecule has 0 saturated heterocycles. The summed E-state index contributed by atoms with van der Waals surface area (Å²) in [6.07, 6.45) is 3.17. The van der Waals surface area contributed by atoms with Crippen LogP contribution in [0, 0.1) is 28.1 Å². The number of carbonyl (C=O) groups is 2. The first-order valence-electron chi connectivity index (χ1n) is 11.4. The van der Waals surface area contributed by atoms with E-state index in [0.29, 0.717) is 25.0 Å². The fraction of sp³-hybridized carbons (Fsp3) is 0.833. The third kappa shape index (κ3) is 2.72. The minimum atomic E-state index is -1.16. The van der Waals surface area contributed by atoms with Gasteiger partial charge >= 0.3 is 0 Å². The molecule has 6 heteroatoms. The summed E-state index contributed by atoms with van der Waals surface area (Å²) >= 11 is 1.63. The Hall–Kier alpha value is -0.690. The van der Waals surface area contributed by atoms with Crippen LogP contribution in [-0.2, 0) is 9.59 Å². The van der Waals surface area contributed by atoms with Gasteiger partial charge in [-0.05, 0) is 67.3 Å². The fourth-order valence-corrected chi connectivity index (χ4v) is 8.09. The summed E-state index contributed by atoms with van der Waals surface area (Å²) in [7, 11) is 0. The van der Waals surface area contributed by atoms with Crippen LogP contribution in [0.1, 0.15) is 66.2 Å². The number of ketones is 2. The zero-order chi connectivity index (χ0) is 22.1. The molecule has 0 aromatic rings. The van der Waals surface area contributed by atoms with Crippen LogP contribution >= 0.6 is 11.8 Å². The molecule has 0 radical (unpaired) electrons. The summed E-state index contributed by atoms with van der Waals surface area (Å²) < 4.78 is 0. The molecule has 1 unspecified atom stereocenters. The maximum Gasteiger partial charge on any atom is 0.162 e. The highest BCUT2D eigenvalue weighted by Crippen LogP contribution is 2.69. The summed E-state index contributed by atoms with van der Waals surface area (Å²) in [6.45, 7) is 8.05. The third-order valence-corrected chi connectivity index (χ3v) is 10.6. The van der Waals surface area contributed by atoms with Crippen molar-refractivity contribution >= 4 is 23.3 Å². The second kappa shape index (κ2) is 7.16. The Labute approximate surface area is 183 Å². The molecule has 8 atom stereocenters.